The van der Waals surface area contributed by atoms with Crippen molar-refractivity contribution in [1.29, 1.82) is 0 Å². The SMILES string of the molecule is CCOc1ccc(CCC(N)c2ccc(C)c(C)c2)cc1. The smallest absolute Gasteiger partial charge is 0.119 e. The van der Waals surface area contributed by atoms with Crippen molar-refractivity contribution in [1.82, 2.24) is 0 Å². The molecule has 0 aromatic heterocycles. The van der Waals surface area contributed by atoms with Gasteiger partial charge in [0, 0.05) is 6.04 Å². The molecule has 1 unspecified atom stereocenters. The van der Waals surface area contributed by atoms with Crippen LogP contribution in [-0.2, 0) is 6.42 Å². The van der Waals surface area contributed by atoms with E-state index in [0.29, 0.717) is 6.61 Å². The van der Waals surface area contributed by atoms with E-state index in [-0.39, 0.29) is 6.04 Å². The van der Waals surface area contributed by atoms with E-state index in [1.807, 2.05) is 19.1 Å². The summed E-state index contributed by atoms with van der Waals surface area (Å²) >= 11 is 0. The third kappa shape index (κ3) is 4.33. The fraction of sp³-hybridized carbons (Fsp3) is 0.368. The number of ether oxygens (including phenoxy) is 1. The lowest BCUT2D eigenvalue weighted by Crippen LogP contribution is -2.11. The second kappa shape index (κ2) is 7.28. The van der Waals surface area contributed by atoms with Gasteiger partial charge in [-0.3, -0.25) is 0 Å². The van der Waals surface area contributed by atoms with E-state index < -0.39 is 0 Å². The maximum absolute atomic E-state index is 6.31. The number of benzene rings is 2. The van der Waals surface area contributed by atoms with Crippen LogP contribution >= 0.6 is 0 Å². The second-order valence-electron chi connectivity index (χ2n) is 5.57. The van der Waals surface area contributed by atoms with E-state index in [1.54, 1.807) is 0 Å². The summed E-state index contributed by atoms with van der Waals surface area (Å²) in [6.07, 6.45) is 1.94. The van der Waals surface area contributed by atoms with Crippen molar-refractivity contribution in [2.24, 2.45) is 5.73 Å². The Labute approximate surface area is 127 Å². The van der Waals surface area contributed by atoms with Crippen molar-refractivity contribution in [3.05, 3.63) is 64.7 Å². The van der Waals surface area contributed by atoms with Crippen LogP contribution in [0.1, 0.15) is 41.6 Å². The molecule has 1 atom stereocenters. The van der Waals surface area contributed by atoms with Crippen LogP contribution in [0.15, 0.2) is 42.5 Å². The van der Waals surface area contributed by atoms with Gasteiger partial charge in [-0.1, -0.05) is 30.3 Å². The lowest BCUT2D eigenvalue weighted by Gasteiger charge is -2.14. The van der Waals surface area contributed by atoms with Crippen LogP contribution in [0.25, 0.3) is 0 Å². The fourth-order valence-electron chi connectivity index (χ4n) is 2.40. The molecule has 0 saturated carbocycles. The number of hydrogen-bond acceptors (Lipinski definition) is 2. The summed E-state index contributed by atoms with van der Waals surface area (Å²) in [5.41, 5.74) is 11.5. The molecule has 0 spiro atoms. The average Bonchev–Trinajstić information content (AvgIpc) is 2.49. The molecule has 0 fully saturated rings. The minimum Gasteiger partial charge on any atom is -0.494 e. The van der Waals surface area contributed by atoms with Crippen LogP contribution in [0.2, 0.25) is 0 Å². The molecule has 2 rings (SSSR count). The summed E-state index contributed by atoms with van der Waals surface area (Å²) in [5, 5.41) is 0. The quantitative estimate of drug-likeness (QED) is 0.856. The zero-order valence-electron chi connectivity index (χ0n) is 13.2. The van der Waals surface area contributed by atoms with Crippen molar-refractivity contribution in [3.8, 4) is 5.75 Å². The van der Waals surface area contributed by atoms with Gasteiger partial charge in [0.1, 0.15) is 5.75 Å². The molecule has 112 valence electrons. The van der Waals surface area contributed by atoms with E-state index in [4.69, 9.17) is 10.5 Å². The molecular weight excluding hydrogens is 258 g/mol. The first kappa shape index (κ1) is 15.6. The third-order valence-electron chi connectivity index (χ3n) is 3.94. The Morgan fingerprint density at radius 2 is 1.71 bits per heavy atom. The maximum Gasteiger partial charge on any atom is 0.119 e. The Morgan fingerprint density at radius 1 is 1.00 bits per heavy atom. The van der Waals surface area contributed by atoms with Gasteiger partial charge in [0.2, 0.25) is 0 Å². The lowest BCUT2D eigenvalue weighted by atomic mass is 9.97. The van der Waals surface area contributed by atoms with Gasteiger partial charge in [-0.15, -0.1) is 0 Å². The number of aryl methyl sites for hydroxylation is 3. The first-order valence-corrected chi connectivity index (χ1v) is 7.64. The fourth-order valence-corrected chi connectivity index (χ4v) is 2.40. The Hall–Kier alpha value is -1.80. The molecule has 2 nitrogen and oxygen atoms in total. The Kier molecular flexibility index (Phi) is 5.40. The molecule has 0 radical (unpaired) electrons. The van der Waals surface area contributed by atoms with E-state index in [1.165, 1.54) is 22.3 Å². The molecule has 2 N–H and O–H groups in total. The molecule has 21 heavy (non-hydrogen) atoms. The van der Waals surface area contributed by atoms with Gasteiger partial charge in [0.05, 0.1) is 6.61 Å². The summed E-state index contributed by atoms with van der Waals surface area (Å²) in [5.74, 6) is 0.930. The molecule has 0 amide bonds. The van der Waals surface area contributed by atoms with Gasteiger partial charge in [-0.05, 0) is 68.0 Å². The van der Waals surface area contributed by atoms with E-state index in [2.05, 4.69) is 44.2 Å². The van der Waals surface area contributed by atoms with Gasteiger partial charge < -0.3 is 10.5 Å². The topological polar surface area (TPSA) is 35.2 Å². The van der Waals surface area contributed by atoms with Gasteiger partial charge in [0.25, 0.3) is 0 Å². The van der Waals surface area contributed by atoms with Gasteiger partial charge in [0.15, 0.2) is 0 Å². The van der Waals surface area contributed by atoms with Crippen LogP contribution in [0.4, 0.5) is 0 Å². The molecule has 0 aliphatic heterocycles. The molecule has 2 heteroatoms. The van der Waals surface area contributed by atoms with E-state index >= 15 is 0 Å². The van der Waals surface area contributed by atoms with Crippen LogP contribution in [0, 0.1) is 13.8 Å². The normalized spacial score (nSPS) is 12.2. The van der Waals surface area contributed by atoms with Crippen LogP contribution in [0.3, 0.4) is 0 Å². The summed E-state index contributed by atoms with van der Waals surface area (Å²) in [4.78, 5) is 0. The van der Waals surface area contributed by atoms with Crippen molar-refractivity contribution >= 4 is 0 Å². The van der Waals surface area contributed by atoms with Gasteiger partial charge in [-0.25, -0.2) is 0 Å². The Bertz CT molecular complexity index is 575. The predicted octanol–water partition coefficient (Wildman–Crippen LogP) is 4.33. The van der Waals surface area contributed by atoms with Crippen molar-refractivity contribution in [2.45, 2.75) is 39.7 Å². The summed E-state index contributed by atoms with van der Waals surface area (Å²) < 4.78 is 5.46. The first-order valence-electron chi connectivity index (χ1n) is 7.64. The zero-order chi connectivity index (χ0) is 15.2. The summed E-state index contributed by atoms with van der Waals surface area (Å²) in [6, 6.07) is 14.9. The minimum atomic E-state index is 0.0934. The summed E-state index contributed by atoms with van der Waals surface area (Å²) in [7, 11) is 0. The molecule has 2 aromatic rings. The van der Waals surface area contributed by atoms with Crippen molar-refractivity contribution in [3.63, 3.8) is 0 Å². The van der Waals surface area contributed by atoms with E-state index in [9.17, 15) is 0 Å². The Morgan fingerprint density at radius 3 is 2.33 bits per heavy atom. The highest BCUT2D eigenvalue weighted by atomic mass is 16.5. The highest BCUT2D eigenvalue weighted by Crippen LogP contribution is 2.20. The molecular formula is C19H25NO. The van der Waals surface area contributed by atoms with Crippen molar-refractivity contribution < 1.29 is 4.74 Å². The van der Waals surface area contributed by atoms with Crippen LogP contribution in [-0.4, -0.2) is 6.61 Å². The Balaban J connectivity index is 1.93. The number of rotatable bonds is 6. The monoisotopic (exact) mass is 283 g/mol. The minimum absolute atomic E-state index is 0.0934. The van der Waals surface area contributed by atoms with Crippen LogP contribution in [0.5, 0.6) is 5.75 Å². The molecule has 0 aliphatic rings. The molecule has 0 aliphatic carbocycles. The highest BCUT2D eigenvalue weighted by Gasteiger charge is 2.07. The highest BCUT2D eigenvalue weighted by molar-refractivity contribution is 5.32. The zero-order valence-corrected chi connectivity index (χ0v) is 13.2. The maximum atomic E-state index is 6.31. The number of nitrogens with two attached hydrogens (primary N) is 1. The third-order valence-corrected chi connectivity index (χ3v) is 3.94. The standard InChI is InChI=1S/C19H25NO/c1-4-21-18-10-6-16(7-11-18)8-12-19(20)17-9-5-14(2)15(3)13-17/h5-7,9-11,13,19H,4,8,12,20H2,1-3H3. The van der Waals surface area contributed by atoms with E-state index in [0.717, 1.165) is 18.6 Å². The van der Waals surface area contributed by atoms with Gasteiger partial charge >= 0.3 is 0 Å². The number of hydrogen-bond donors (Lipinski definition) is 1. The van der Waals surface area contributed by atoms with Crippen molar-refractivity contribution in [2.75, 3.05) is 6.61 Å². The predicted molar refractivity (Wildman–Crippen MR) is 88.8 cm³/mol. The van der Waals surface area contributed by atoms with Gasteiger partial charge in [-0.2, -0.15) is 0 Å². The molecule has 0 bridgehead atoms. The molecule has 0 heterocycles. The largest absolute Gasteiger partial charge is 0.494 e. The molecule has 2 aromatic carbocycles. The molecule has 0 saturated heterocycles. The summed E-state index contributed by atoms with van der Waals surface area (Å²) in [6.45, 7) is 6.97. The second-order valence-corrected chi connectivity index (χ2v) is 5.57. The average molecular weight is 283 g/mol. The lowest BCUT2D eigenvalue weighted by molar-refractivity contribution is 0.340. The first-order chi connectivity index (χ1) is 10.1. The van der Waals surface area contributed by atoms with Crippen LogP contribution < -0.4 is 10.5 Å².